The van der Waals surface area contributed by atoms with Gasteiger partial charge < -0.3 is 4.90 Å². The fraction of sp³-hybridized carbons (Fsp3) is 0. The number of hydrogen-bond acceptors (Lipinski definition) is 3. The summed E-state index contributed by atoms with van der Waals surface area (Å²) >= 11 is 1.75. The van der Waals surface area contributed by atoms with Crippen LogP contribution in [0.4, 0.5) is 17.1 Å². The molecule has 0 bridgehead atoms. The van der Waals surface area contributed by atoms with E-state index in [0.717, 1.165) is 21.9 Å². The molecule has 234 valence electrons. The van der Waals surface area contributed by atoms with Crippen LogP contribution >= 0.6 is 11.3 Å². The van der Waals surface area contributed by atoms with Crippen LogP contribution in [-0.4, -0.2) is 4.98 Å². The van der Waals surface area contributed by atoms with Gasteiger partial charge in [-0.1, -0.05) is 115 Å². The predicted octanol–water partition coefficient (Wildman–Crippen LogP) is 13.7. The second-order valence-corrected chi connectivity index (χ2v) is 13.8. The minimum atomic E-state index is 1.07. The zero-order valence-corrected chi connectivity index (χ0v) is 27.9. The number of aromatic nitrogens is 1. The Morgan fingerprint density at radius 3 is 1.84 bits per heavy atom. The van der Waals surface area contributed by atoms with Gasteiger partial charge in [0, 0.05) is 38.7 Å². The molecule has 10 rings (SSSR count). The second-order valence-electron chi connectivity index (χ2n) is 12.8. The highest BCUT2D eigenvalue weighted by Crippen LogP contribution is 2.43. The van der Waals surface area contributed by atoms with E-state index in [-0.39, 0.29) is 0 Å². The molecule has 0 radical (unpaired) electrons. The van der Waals surface area contributed by atoms with Gasteiger partial charge in [0.15, 0.2) is 0 Å². The van der Waals surface area contributed by atoms with Crippen LogP contribution in [0.25, 0.3) is 74.9 Å². The number of hydrogen-bond donors (Lipinski definition) is 0. The first-order chi connectivity index (χ1) is 24.8. The summed E-state index contributed by atoms with van der Waals surface area (Å²) in [6.45, 7) is 0. The van der Waals surface area contributed by atoms with Gasteiger partial charge in [-0.15, -0.1) is 11.3 Å². The van der Waals surface area contributed by atoms with Crippen molar-refractivity contribution in [2.75, 3.05) is 4.90 Å². The van der Waals surface area contributed by atoms with Gasteiger partial charge in [0.2, 0.25) is 0 Å². The van der Waals surface area contributed by atoms with E-state index in [9.17, 15) is 0 Å². The molecule has 0 aliphatic rings. The third kappa shape index (κ3) is 4.74. The van der Waals surface area contributed by atoms with Crippen LogP contribution in [0.3, 0.4) is 0 Å². The highest BCUT2D eigenvalue weighted by atomic mass is 32.1. The average molecular weight is 655 g/mol. The Labute approximate surface area is 294 Å². The zero-order chi connectivity index (χ0) is 33.0. The van der Waals surface area contributed by atoms with E-state index in [1.165, 1.54) is 70.0 Å². The summed E-state index contributed by atoms with van der Waals surface area (Å²) in [6, 6.07) is 64.0. The summed E-state index contributed by atoms with van der Waals surface area (Å²) in [7, 11) is 0. The molecule has 2 nitrogen and oxygen atoms in total. The van der Waals surface area contributed by atoms with Gasteiger partial charge in [0.25, 0.3) is 0 Å². The summed E-state index contributed by atoms with van der Waals surface area (Å²) in [6.07, 6.45) is 1.88. The molecule has 0 atom stereocenters. The van der Waals surface area contributed by atoms with Gasteiger partial charge in [0.05, 0.1) is 0 Å². The van der Waals surface area contributed by atoms with Crippen LogP contribution in [-0.2, 0) is 0 Å². The number of thiophene rings is 1. The first-order valence-electron chi connectivity index (χ1n) is 17.0. The minimum Gasteiger partial charge on any atom is -0.310 e. The first kappa shape index (κ1) is 28.7. The van der Waals surface area contributed by atoms with E-state index in [0.29, 0.717) is 0 Å². The van der Waals surface area contributed by atoms with Crippen LogP contribution in [0.15, 0.2) is 182 Å². The monoisotopic (exact) mass is 654 g/mol. The first-order valence-corrected chi connectivity index (χ1v) is 17.8. The van der Waals surface area contributed by atoms with Gasteiger partial charge in [-0.2, -0.15) is 0 Å². The van der Waals surface area contributed by atoms with Crippen molar-refractivity contribution in [3.8, 4) is 22.3 Å². The molecule has 0 aliphatic heterocycles. The molecule has 0 fully saturated rings. The van der Waals surface area contributed by atoms with Crippen LogP contribution < -0.4 is 4.90 Å². The Balaban J connectivity index is 1.14. The standard InChI is InChI=1S/C47H30N2S/c1-2-9-31(10-3-1)32-16-21-36(22-17-32)49(38-25-27-45-44(30-38)42-15-8-28-48-47(42)50-45)37-23-18-34(19-24-37)43-29-35-12-5-6-13-39(35)41-26-20-33-11-4-7-14-40(33)46(41)43/h1-30H. The highest BCUT2D eigenvalue weighted by Gasteiger charge is 2.17. The third-order valence-corrected chi connectivity index (χ3v) is 11.0. The molecule has 10 aromatic rings. The topological polar surface area (TPSA) is 16.1 Å². The minimum absolute atomic E-state index is 1.07. The van der Waals surface area contributed by atoms with Gasteiger partial charge in [-0.25, -0.2) is 4.98 Å². The summed E-state index contributed by atoms with van der Waals surface area (Å²) in [4.78, 5) is 8.08. The predicted molar refractivity (Wildman–Crippen MR) is 215 cm³/mol. The maximum absolute atomic E-state index is 4.65. The number of pyridine rings is 1. The summed E-state index contributed by atoms with van der Waals surface area (Å²) < 4.78 is 1.24. The third-order valence-electron chi connectivity index (χ3n) is 9.91. The van der Waals surface area contributed by atoms with Crippen LogP contribution in [0, 0.1) is 0 Å². The summed E-state index contributed by atoms with van der Waals surface area (Å²) in [5, 5.41) is 10.1. The van der Waals surface area contributed by atoms with Crippen molar-refractivity contribution in [3.05, 3.63) is 182 Å². The lowest BCUT2D eigenvalue weighted by Crippen LogP contribution is -2.09. The van der Waals surface area contributed by atoms with E-state index in [1.807, 2.05) is 12.3 Å². The fourth-order valence-corrected chi connectivity index (χ4v) is 8.54. The molecule has 0 unspecified atom stereocenters. The molecular weight excluding hydrogens is 625 g/mol. The van der Waals surface area contributed by atoms with E-state index in [2.05, 4.69) is 180 Å². The number of benzene rings is 8. The maximum Gasteiger partial charge on any atom is 0.124 e. The Hall–Kier alpha value is -6.29. The zero-order valence-electron chi connectivity index (χ0n) is 27.1. The quantitative estimate of drug-likeness (QED) is 0.172. The fourth-order valence-electron chi connectivity index (χ4n) is 7.52. The Bertz CT molecular complexity index is 2850. The molecule has 0 N–H and O–H groups in total. The summed E-state index contributed by atoms with van der Waals surface area (Å²) in [5.41, 5.74) is 8.19. The van der Waals surface area contributed by atoms with Crippen molar-refractivity contribution >= 4 is 81.0 Å². The molecule has 8 aromatic carbocycles. The summed E-state index contributed by atoms with van der Waals surface area (Å²) in [5.74, 6) is 0. The largest absolute Gasteiger partial charge is 0.310 e. The van der Waals surface area contributed by atoms with Gasteiger partial charge in [-0.3, -0.25) is 0 Å². The molecule has 0 saturated carbocycles. The molecule has 0 spiro atoms. The van der Waals surface area contributed by atoms with Crippen molar-refractivity contribution < 1.29 is 0 Å². The van der Waals surface area contributed by atoms with Crippen LogP contribution in [0.1, 0.15) is 0 Å². The van der Waals surface area contributed by atoms with Crippen molar-refractivity contribution in [3.63, 3.8) is 0 Å². The van der Waals surface area contributed by atoms with Gasteiger partial charge >= 0.3 is 0 Å². The van der Waals surface area contributed by atoms with Crippen molar-refractivity contribution in [1.82, 2.24) is 4.98 Å². The number of rotatable bonds is 5. The average Bonchev–Trinajstić information content (AvgIpc) is 3.56. The number of nitrogens with zero attached hydrogens (tertiary/aromatic N) is 2. The van der Waals surface area contributed by atoms with Crippen LogP contribution in [0.5, 0.6) is 0 Å². The van der Waals surface area contributed by atoms with Crippen molar-refractivity contribution in [2.45, 2.75) is 0 Å². The molecule has 2 aromatic heterocycles. The smallest absolute Gasteiger partial charge is 0.124 e. The Morgan fingerprint density at radius 1 is 0.400 bits per heavy atom. The van der Waals surface area contributed by atoms with Gasteiger partial charge in [-0.05, 0) is 115 Å². The molecule has 0 amide bonds. The van der Waals surface area contributed by atoms with Crippen LogP contribution in [0.2, 0.25) is 0 Å². The Morgan fingerprint density at radius 2 is 1.04 bits per heavy atom. The normalized spacial score (nSPS) is 11.6. The second kappa shape index (κ2) is 11.7. The molecule has 0 saturated heterocycles. The SMILES string of the molecule is c1ccc(-c2ccc(N(c3ccc(-c4cc5ccccc5c5ccc6ccccc6c45)cc3)c3ccc4sc5ncccc5c4c3)cc2)cc1. The van der Waals surface area contributed by atoms with Gasteiger partial charge in [0.1, 0.15) is 4.83 Å². The lowest BCUT2D eigenvalue weighted by Gasteiger charge is -2.26. The Kier molecular flexibility index (Phi) is 6.71. The molecule has 0 aliphatic carbocycles. The molecular formula is C47H30N2S. The van der Waals surface area contributed by atoms with E-state index >= 15 is 0 Å². The van der Waals surface area contributed by atoms with E-state index in [1.54, 1.807) is 11.3 Å². The van der Waals surface area contributed by atoms with Crippen molar-refractivity contribution in [1.29, 1.82) is 0 Å². The number of anilines is 3. The molecule has 2 heterocycles. The lowest BCUT2D eigenvalue weighted by atomic mass is 9.90. The molecule has 50 heavy (non-hydrogen) atoms. The van der Waals surface area contributed by atoms with E-state index < -0.39 is 0 Å². The lowest BCUT2D eigenvalue weighted by molar-refractivity contribution is 1.29. The highest BCUT2D eigenvalue weighted by molar-refractivity contribution is 7.25. The number of fused-ring (bicyclic) bond motifs is 8. The molecule has 3 heteroatoms. The van der Waals surface area contributed by atoms with Crippen molar-refractivity contribution in [2.24, 2.45) is 0 Å². The van der Waals surface area contributed by atoms with E-state index in [4.69, 9.17) is 0 Å². The maximum atomic E-state index is 4.65.